The van der Waals surface area contributed by atoms with Crippen LogP contribution in [0.3, 0.4) is 0 Å². The fourth-order valence-electron chi connectivity index (χ4n) is 5.05. The molecular formula is C24H35N5O3S. The van der Waals surface area contributed by atoms with Crippen LogP contribution in [0.15, 0.2) is 11.1 Å². The highest BCUT2D eigenvalue weighted by Gasteiger charge is 2.40. The lowest BCUT2D eigenvalue weighted by Crippen LogP contribution is -2.50. The van der Waals surface area contributed by atoms with Crippen LogP contribution in [0.2, 0.25) is 0 Å². The Kier molecular flexibility index (Phi) is 6.88. The van der Waals surface area contributed by atoms with Gasteiger partial charge in [0.15, 0.2) is 5.65 Å². The number of nitrogens with zero attached hydrogens (tertiary/aromatic N) is 5. The Morgan fingerprint density at radius 1 is 1.24 bits per heavy atom. The smallest absolute Gasteiger partial charge is 0.410 e. The zero-order chi connectivity index (χ0) is 23.9. The summed E-state index contributed by atoms with van der Waals surface area (Å²) in [5.41, 5.74) is 2.34. The predicted molar refractivity (Wildman–Crippen MR) is 130 cm³/mol. The monoisotopic (exact) mass is 473 g/mol. The Labute approximate surface area is 200 Å². The Balaban J connectivity index is 1.53. The van der Waals surface area contributed by atoms with Crippen LogP contribution in [0.4, 0.5) is 4.79 Å². The second-order valence-electron chi connectivity index (χ2n) is 9.87. The Morgan fingerprint density at radius 2 is 1.94 bits per heavy atom. The van der Waals surface area contributed by atoms with Crippen LogP contribution in [0.1, 0.15) is 63.0 Å². The number of hydrogen-bond donors (Lipinski definition) is 0. The number of hydrogen-bond acceptors (Lipinski definition) is 6. The van der Waals surface area contributed by atoms with Gasteiger partial charge in [-0.15, -0.1) is 11.8 Å². The second-order valence-corrected chi connectivity index (χ2v) is 11.5. The number of aromatic nitrogens is 3. The molecule has 0 spiro atoms. The van der Waals surface area contributed by atoms with Crippen molar-refractivity contribution in [2.75, 3.05) is 19.7 Å². The quantitative estimate of drug-likeness (QED) is 0.584. The number of rotatable bonds is 6. The molecule has 0 bridgehead atoms. The van der Waals surface area contributed by atoms with Gasteiger partial charge in [-0.2, -0.15) is 5.10 Å². The molecule has 2 saturated heterocycles. The molecule has 2 aromatic heterocycles. The van der Waals surface area contributed by atoms with Gasteiger partial charge >= 0.3 is 6.09 Å². The number of carbonyl (C=O) groups is 2. The zero-order valence-corrected chi connectivity index (χ0v) is 21.3. The molecule has 2 aliphatic rings. The Hall–Kier alpha value is -2.29. The van der Waals surface area contributed by atoms with E-state index in [1.807, 2.05) is 23.8 Å². The minimum Gasteiger partial charge on any atom is -0.447 e. The molecule has 0 N–H and O–H groups in total. The number of cyclic esters (lactones) is 1. The SMILES string of the molecule is Cc1nn(C)c2ncc(C(=O)N3CCC(N4C(=O)OC[C@H]4CC(C)C)CC3)c(SC(C)C)c12. The minimum atomic E-state index is -0.206. The minimum absolute atomic E-state index is 0.0111. The molecule has 0 unspecified atom stereocenters. The third-order valence-electron chi connectivity index (χ3n) is 6.46. The highest BCUT2D eigenvalue weighted by molar-refractivity contribution is 8.00. The molecule has 1 atom stereocenters. The van der Waals surface area contributed by atoms with Crippen LogP contribution >= 0.6 is 11.8 Å². The summed E-state index contributed by atoms with van der Waals surface area (Å²) in [7, 11) is 1.88. The number of likely N-dealkylation sites (tertiary alicyclic amines) is 1. The third-order valence-corrected chi connectivity index (χ3v) is 7.59. The zero-order valence-electron chi connectivity index (χ0n) is 20.5. The molecule has 180 valence electrons. The van der Waals surface area contributed by atoms with Crippen LogP contribution in [-0.2, 0) is 11.8 Å². The maximum Gasteiger partial charge on any atom is 0.410 e. The molecule has 2 fully saturated rings. The van der Waals surface area contributed by atoms with Crippen molar-refractivity contribution in [3.05, 3.63) is 17.5 Å². The van der Waals surface area contributed by atoms with Gasteiger partial charge in [0, 0.05) is 42.5 Å². The largest absolute Gasteiger partial charge is 0.447 e. The van der Waals surface area contributed by atoms with Gasteiger partial charge in [0.1, 0.15) is 6.61 Å². The summed E-state index contributed by atoms with van der Waals surface area (Å²) in [6, 6.07) is 0.262. The molecule has 4 heterocycles. The number of thioether (sulfide) groups is 1. The molecule has 0 saturated carbocycles. The van der Waals surface area contributed by atoms with Gasteiger partial charge in [-0.3, -0.25) is 14.4 Å². The first kappa shape index (κ1) is 23.9. The van der Waals surface area contributed by atoms with Gasteiger partial charge in [0.25, 0.3) is 5.91 Å². The first-order valence-corrected chi connectivity index (χ1v) is 12.8. The van der Waals surface area contributed by atoms with Crippen molar-refractivity contribution in [2.45, 2.75) is 76.1 Å². The van der Waals surface area contributed by atoms with E-state index in [-0.39, 0.29) is 24.1 Å². The van der Waals surface area contributed by atoms with Crippen molar-refractivity contribution in [2.24, 2.45) is 13.0 Å². The number of aryl methyl sites for hydroxylation is 2. The lowest BCUT2D eigenvalue weighted by molar-refractivity contribution is 0.0627. The predicted octanol–water partition coefficient (Wildman–Crippen LogP) is 4.25. The van der Waals surface area contributed by atoms with E-state index in [1.54, 1.807) is 22.6 Å². The first-order valence-electron chi connectivity index (χ1n) is 11.9. The summed E-state index contributed by atoms with van der Waals surface area (Å²) in [5, 5.41) is 5.82. The van der Waals surface area contributed by atoms with E-state index in [2.05, 4.69) is 37.8 Å². The maximum atomic E-state index is 13.6. The van der Waals surface area contributed by atoms with Crippen LogP contribution in [-0.4, -0.2) is 73.6 Å². The highest BCUT2D eigenvalue weighted by atomic mass is 32.2. The van der Waals surface area contributed by atoms with Gasteiger partial charge in [0.05, 0.1) is 22.7 Å². The van der Waals surface area contributed by atoms with E-state index < -0.39 is 0 Å². The molecular weight excluding hydrogens is 438 g/mol. The number of carbonyl (C=O) groups excluding carboxylic acids is 2. The Morgan fingerprint density at radius 3 is 2.58 bits per heavy atom. The second kappa shape index (κ2) is 9.52. The molecule has 4 rings (SSSR count). The molecule has 9 heteroatoms. The van der Waals surface area contributed by atoms with Crippen molar-refractivity contribution in [3.63, 3.8) is 0 Å². The molecule has 2 aromatic rings. The van der Waals surface area contributed by atoms with Gasteiger partial charge in [0.2, 0.25) is 0 Å². The van der Waals surface area contributed by atoms with Crippen molar-refractivity contribution in [1.82, 2.24) is 24.6 Å². The third kappa shape index (κ3) is 4.69. The Bertz CT molecular complexity index is 1040. The topological polar surface area (TPSA) is 80.6 Å². The van der Waals surface area contributed by atoms with Crippen LogP contribution in [0.5, 0.6) is 0 Å². The lowest BCUT2D eigenvalue weighted by Gasteiger charge is -2.38. The molecule has 8 nitrogen and oxygen atoms in total. The number of fused-ring (bicyclic) bond motifs is 1. The van der Waals surface area contributed by atoms with E-state index in [4.69, 9.17) is 4.74 Å². The fourth-order valence-corrected chi connectivity index (χ4v) is 6.15. The van der Waals surface area contributed by atoms with Gasteiger partial charge in [-0.1, -0.05) is 27.7 Å². The molecule has 0 aromatic carbocycles. The van der Waals surface area contributed by atoms with Crippen molar-refractivity contribution < 1.29 is 14.3 Å². The van der Waals surface area contributed by atoms with E-state index >= 15 is 0 Å². The van der Waals surface area contributed by atoms with Crippen molar-refractivity contribution in [3.8, 4) is 0 Å². The summed E-state index contributed by atoms with van der Waals surface area (Å²) in [4.78, 5) is 35.4. The average Bonchev–Trinajstić information content (AvgIpc) is 3.25. The van der Waals surface area contributed by atoms with Crippen LogP contribution < -0.4 is 0 Å². The standard InChI is InChI=1S/C24H35N5O3S/c1-14(2)11-18-13-32-24(31)29(18)17-7-9-28(10-8-17)23(30)19-12-25-22-20(16(5)26-27(22)6)21(19)33-15(3)4/h12,14-15,17-18H,7-11,13H2,1-6H3/t18-/m1/s1. The number of ether oxygens (including phenoxy) is 1. The molecule has 0 aliphatic carbocycles. The van der Waals surface area contributed by atoms with Gasteiger partial charge in [-0.25, -0.2) is 9.78 Å². The van der Waals surface area contributed by atoms with E-state index in [1.165, 1.54) is 0 Å². The maximum absolute atomic E-state index is 13.6. The van der Waals surface area contributed by atoms with Crippen molar-refractivity contribution in [1.29, 1.82) is 0 Å². The van der Waals surface area contributed by atoms with Crippen LogP contribution in [0, 0.1) is 12.8 Å². The normalized spacial score (nSPS) is 19.9. The fraction of sp³-hybridized carbons (Fsp3) is 0.667. The number of pyridine rings is 1. The molecule has 2 aliphatic heterocycles. The number of piperidine rings is 1. The first-order chi connectivity index (χ1) is 15.7. The summed E-state index contributed by atoms with van der Waals surface area (Å²) in [5.74, 6) is 0.515. The van der Waals surface area contributed by atoms with Gasteiger partial charge < -0.3 is 9.64 Å². The summed E-state index contributed by atoms with van der Waals surface area (Å²) >= 11 is 1.69. The van der Waals surface area contributed by atoms with Crippen LogP contribution in [0.25, 0.3) is 11.0 Å². The average molecular weight is 474 g/mol. The number of amides is 2. The van der Waals surface area contributed by atoms with Crippen molar-refractivity contribution >= 4 is 34.8 Å². The summed E-state index contributed by atoms with van der Waals surface area (Å²) in [6.45, 7) is 12.3. The van der Waals surface area contributed by atoms with E-state index in [0.717, 1.165) is 40.9 Å². The van der Waals surface area contributed by atoms with E-state index in [9.17, 15) is 9.59 Å². The van der Waals surface area contributed by atoms with E-state index in [0.29, 0.717) is 36.4 Å². The molecule has 2 amide bonds. The highest BCUT2D eigenvalue weighted by Crippen LogP contribution is 2.36. The summed E-state index contributed by atoms with van der Waals surface area (Å²) < 4.78 is 7.15. The molecule has 0 radical (unpaired) electrons. The summed E-state index contributed by atoms with van der Waals surface area (Å²) in [6.07, 6.45) is 3.98. The van der Waals surface area contributed by atoms with Gasteiger partial charge in [-0.05, 0) is 32.1 Å². The molecule has 33 heavy (non-hydrogen) atoms. The lowest BCUT2D eigenvalue weighted by atomic mass is 9.98.